The van der Waals surface area contributed by atoms with Gasteiger partial charge in [0, 0.05) is 6.54 Å². The molecule has 0 aromatic carbocycles. The van der Waals surface area contributed by atoms with Crippen LogP contribution in [0.2, 0.25) is 0 Å². The number of nitrogen functional groups attached to an aromatic ring is 1. The van der Waals surface area contributed by atoms with Crippen LogP contribution < -0.4 is 21.1 Å². The van der Waals surface area contributed by atoms with Crippen LogP contribution in [0.5, 0.6) is 0 Å². The Bertz CT molecular complexity index is 873. The van der Waals surface area contributed by atoms with Crippen molar-refractivity contribution in [2.75, 3.05) is 35.3 Å². The molecule has 0 saturated carbocycles. The van der Waals surface area contributed by atoms with Crippen molar-refractivity contribution in [3.05, 3.63) is 10.4 Å². The van der Waals surface area contributed by atoms with Crippen molar-refractivity contribution in [3.8, 4) is 0 Å². The van der Waals surface area contributed by atoms with E-state index in [1.165, 1.54) is 9.80 Å². The Morgan fingerprint density at radius 2 is 2.36 bits per heavy atom. The Kier molecular flexibility index (Phi) is 3.28. The molecule has 1 aromatic rings. The molecule has 3 unspecified atom stereocenters. The number of fused-ring (bicyclic) bond motifs is 2. The fraction of sp³-hybridized carbons (Fsp3) is 0.667. The Morgan fingerprint density at radius 1 is 1.60 bits per heavy atom. The largest absolute Gasteiger partial charge is 0.472 e. The third-order valence-corrected chi connectivity index (χ3v) is 5.04. The van der Waals surface area contributed by atoms with Gasteiger partial charge in [0.2, 0.25) is 5.95 Å². The molecule has 7 atom stereocenters. The first-order valence-electron chi connectivity index (χ1n) is 8.62. The Balaban J connectivity index is 1.75. The zero-order valence-corrected chi connectivity index (χ0v) is 13.9. The third-order valence-electron chi connectivity index (χ3n) is 4.14. The maximum atomic E-state index is 12.3. The van der Waals surface area contributed by atoms with E-state index in [2.05, 4.69) is 14.5 Å². The van der Waals surface area contributed by atoms with Crippen LogP contribution in [-0.2, 0) is 18.3 Å². The van der Waals surface area contributed by atoms with Crippen LogP contribution in [0, 0.1) is 0 Å². The van der Waals surface area contributed by atoms with Crippen molar-refractivity contribution in [2.45, 2.75) is 31.5 Å². The summed E-state index contributed by atoms with van der Waals surface area (Å²) in [4.78, 5) is 30.9. The summed E-state index contributed by atoms with van der Waals surface area (Å²) < 4.78 is 43.0. The van der Waals surface area contributed by atoms with E-state index in [1.807, 2.05) is 0 Å². The lowest BCUT2D eigenvalue weighted by atomic mass is 10.1. The number of ether oxygens (including phenoxy) is 1. The molecule has 0 bridgehead atoms. The minimum absolute atomic E-state index is 0.0235. The highest BCUT2D eigenvalue weighted by Gasteiger charge is 2.54. The van der Waals surface area contributed by atoms with Crippen LogP contribution in [0.25, 0.3) is 0 Å². The summed E-state index contributed by atoms with van der Waals surface area (Å²) in [5.41, 5.74) is 5.15. The Hall–Kier alpha value is -1.69. The summed E-state index contributed by atoms with van der Waals surface area (Å²) in [5, 5.41) is 10.6. The summed E-state index contributed by atoms with van der Waals surface area (Å²) in [6.07, 6.45) is -5.29. The molecular weight excluding hydrogens is 357 g/mol. The van der Waals surface area contributed by atoms with Crippen LogP contribution in [0.15, 0.2) is 4.79 Å². The monoisotopic (exact) mass is 379 g/mol. The average Bonchev–Trinajstić information content (AvgIpc) is 3.01. The normalized spacial score (nSPS) is 44.3. The Morgan fingerprint density at radius 3 is 3.08 bits per heavy atom. The second-order valence-electron chi connectivity index (χ2n) is 5.69. The van der Waals surface area contributed by atoms with Crippen molar-refractivity contribution in [3.63, 3.8) is 0 Å². The number of nitrogens with two attached hydrogens (primary N) is 1. The molecule has 1 aromatic heterocycles. The first-order chi connectivity index (χ1) is 12.6. The molecule has 2 fully saturated rings. The maximum Gasteiger partial charge on any atom is 0.472 e. The number of aliphatic hydroxyl groups is 1. The molecule has 3 aliphatic heterocycles. The van der Waals surface area contributed by atoms with Crippen LogP contribution in [-0.4, -0.2) is 64.3 Å². The number of aromatic nitrogens is 2. The Labute approximate surface area is 144 Å². The van der Waals surface area contributed by atoms with Crippen molar-refractivity contribution >= 4 is 25.3 Å². The average molecular weight is 379 g/mol. The number of hydrogen-bond acceptors (Lipinski definition) is 10. The van der Waals surface area contributed by atoms with Crippen molar-refractivity contribution in [1.82, 2.24) is 9.97 Å². The predicted octanol–water partition coefficient (Wildman–Crippen LogP) is -1.44. The number of hydrogen-bond donors (Lipinski definition) is 4. The SMILES string of the molecule is [3H]C1OP(=O)(O)O[C@H]2[C@@H](O)[C@H](N3c4nc(N)[nH]c(=O)c4N(CC)C3[3H])O[C@H]12. The second kappa shape index (κ2) is 5.66. The van der Waals surface area contributed by atoms with Crippen LogP contribution >= 0.6 is 7.82 Å². The standard InChI is InChI=1S/C12H18N5O7P/c1-2-16-4-17(9-6(16)10(19)15-12(13)14-9)11-7(18)8-5(23-11)3-22-25(20,21)24-8/h5,7-8,11,18H,2-4H2,1H3,(H,20,21)(H3,13,14,15,19)/t5-,7-,8-,11-/m1/s1/i3T,4T/t3?,4?,5-,7-,8-,11-. The quantitative estimate of drug-likeness (QED) is 0.445. The van der Waals surface area contributed by atoms with Gasteiger partial charge >= 0.3 is 7.82 Å². The molecule has 4 rings (SSSR count). The van der Waals surface area contributed by atoms with E-state index in [0.29, 0.717) is 0 Å². The summed E-state index contributed by atoms with van der Waals surface area (Å²) >= 11 is 0. The molecule has 0 aliphatic carbocycles. The summed E-state index contributed by atoms with van der Waals surface area (Å²) in [6.45, 7) is -0.750. The minimum atomic E-state index is -4.52. The smallest absolute Gasteiger partial charge is 0.386 e. The van der Waals surface area contributed by atoms with Gasteiger partial charge < -0.3 is 30.3 Å². The molecule has 0 amide bonds. The van der Waals surface area contributed by atoms with Gasteiger partial charge in [0.15, 0.2) is 12.0 Å². The van der Waals surface area contributed by atoms with Gasteiger partial charge in [0.1, 0.15) is 24.0 Å². The number of rotatable bonds is 2. The first kappa shape index (κ1) is 14.5. The number of aromatic amines is 1. The molecule has 3 aliphatic rings. The van der Waals surface area contributed by atoms with Crippen molar-refractivity contribution in [2.24, 2.45) is 0 Å². The van der Waals surface area contributed by atoms with Gasteiger partial charge in [-0.3, -0.25) is 18.8 Å². The van der Waals surface area contributed by atoms with E-state index >= 15 is 0 Å². The van der Waals surface area contributed by atoms with Gasteiger partial charge in [-0.2, -0.15) is 4.98 Å². The molecule has 5 N–H and O–H groups in total. The molecule has 25 heavy (non-hydrogen) atoms. The van der Waals surface area contributed by atoms with Gasteiger partial charge in [0.05, 0.1) is 16.0 Å². The van der Waals surface area contributed by atoms with Gasteiger partial charge in [-0.1, -0.05) is 0 Å². The highest BCUT2D eigenvalue weighted by Crippen LogP contribution is 2.52. The number of nitrogens with zero attached hydrogens (tertiary/aromatic N) is 3. The van der Waals surface area contributed by atoms with Crippen molar-refractivity contribution < 1.29 is 31.1 Å². The molecule has 12 nitrogen and oxygen atoms in total. The number of phosphoric acid groups is 1. The van der Waals surface area contributed by atoms with E-state index in [0.717, 1.165) is 0 Å². The fourth-order valence-corrected chi connectivity index (χ4v) is 3.93. The fourth-order valence-electron chi connectivity index (χ4n) is 3.05. The van der Waals surface area contributed by atoms with Gasteiger partial charge in [-0.15, -0.1) is 0 Å². The van der Waals surface area contributed by atoms with E-state index in [-0.39, 0.29) is 24.0 Å². The summed E-state index contributed by atoms with van der Waals surface area (Å²) in [6, 6.07) is 0. The number of anilines is 3. The van der Waals surface area contributed by atoms with Crippen LogP contribution in [0.3, 0.4) is 0 Å². The molecule has 2 saturated heterocycles. The molecule has 13 heteroatoms. The van der Waals surface area contributed by atoms with Gasteiger partial charge in [-0.05, 0) is 6.92 Å². The number of H-pyrrole nitrogens is 1. The lowest BCUT2D eigenvalue weighted by Gasteiger charge is -2.28. The van der Waals surface area contributed by atoms with Crippen LogP contribution in [0.1, 0.15) is 9.67 Å². The second-order valence-corrected chi connectivity index (χ2v) is 7.05. The lowest BCUT2D eigenvalue weighted by Crippen LogP contribution is -2.46. The zero-order chi connectivity index (χ0) is 19.7. The van der Waals surface area contributed by atoms with Crippen LogP contribution in [0.4, 0.5) is 17.5 Å². The van der Waals surface area contributed by atoms with E-state index in [4.69, 9.17) is 17.7 Å². The summed E-state index contributed by atoms with van der Waals surface area (Å²) in [5.74, 6) is -0.160. The minimum Gasteiger partial charge on any atom is -0.386 e. The van der Waals surface area contributed by atoms with Gasteiger partial charge in [-0.25, -0.2) is 4.57 Å². The number of aliphatic hydroxyl groups excluding tert-OH is 1. The summed E-state index contributed by atoms with van der Waals surface area (Å²) in [7, 11) is -4.52. The third kappa shape index (κ3) is 2.62. The number of nitrogens with one attached hydrogen (secondary N) is 1. The zero-order valence-electron chi connectivity index (χ0n) is 15.0. The number of phosphoric ester groups is 1. The highest BCUT2D eigenvalue weighted by atomic mass is 31.2. The molecule has 4 heterocycles. The van der Waals surface area contributed by atoms with Gasteiger partial charge in [0.25, 0.3) is 5.56 Å². The van der Waals surface area contributed by atoms with E-state index < -0.39 is 51.1 Å². The van der Waals surface area contributed by atoms with Crippen molar-refractivity contribution in [1.29, 1.82) is 0 Å². The maximum absolute atomic E-state index is 12.3. The van der Waals surface area contributed by atoms with E-state index in [9.17, 15) is 19.4 Å². The molecular formula is C12H18N5O7P. The van der Waals surface area contributed by atoms with E-state index in [1.54, 1.807) is 6.92 Å². The molecule has 0 spiro atoms. The predicted molar refractivity (Wildman–Crippen MR) is 85.0 cm³/mol. The molecule has 0 radical (unpaired) electrons. The lowest BCUT2D eigenvalue weighted by molar-refractivity contribution is -0.0542. The first-order valence-corrected chi connectivity index (χ1v) is 8.96. The topological polar surface area (TPSA) is 163 Å². The molecule has 138 valence electrons. The highest BCUT2D eigenvalue weighted by molar-refractivity contribution is 7.47.